The maximum Gasteiger partial charge on any atom is 0.407 e. The minimum absolute atomic E-state index is 0.0663. The highest BCUT2D eigenvalue weighted by Crippen LogP contribution is 2.46. The van der Waals surface area contributed by atoms with Crippen molar-refractivity contribution >= 4 is 12.1 Å². The summed E-state index contributed by atoms with van der Waals surface area (Å²) in [5.41, 5.74) is 0.602. The molecule has 1 heterocycles. The molecule has 1 aliphatic heterocycles. The summed E-state index contributed by atoms with van der Waals surface area (Å²) in [7, 11) is 1.76. The third-order valence-electron chi connectivity index (χ3n) is 5.33. The van der Waals surface area contributed by atoms with E-state index in [1.54, 1.807) is 7.05 Å². The third-order valence-corrected chi connectivity index (χ3v) is 5.33. The number of ether oxygens (including phenoxy) is 2. The normalized spacial score (nSPS) is 20.6. The van der Waals surface area contributed by atoms with Crippen molar-refractivity contribution in [3.8, 4) is 5.75 Å². The van der Waals surface area contributed by atoms with E-state index in [-0.39, 0.29) is 11.6 Å². The van der Waals surface area contributed by atoms with Gasteiger partial charge in [0.15, 0.2) is 5.96 Å². The first-order chi connectivity index (χ1) is 13.8. The van der Waals surface area contributed by atoms with E-state index in [0.717, 1.165) is 25.0 Å². The second-order valence-corrected chi connectivity index (χ2v) is 8.86. The molecule has 0 radical (unpaired) electrons. The number of fused-ring (bicyclic) bond motifs is 1. The Kier molecular flexibility index (Phi) is 6.55. The second kappa shape index (κ2) is 8.93. The smallest absolute Gasteiger partial charge is 0.407 e. The number of rotatable bonds is 4. The van der Waals surface area contributed by atoms with E-state index in [1.807, 2.05) is 32.9 Å². The molecule has 0 aromatic heterocycles. The summed E-state index contributed by atoms with van der Waals surface area (Å²) in [5.74, 6) is 1.69. The van der Waals surface area contributed by atoms with Crippen LogP contribution in [0.4, 0.5) is 4.79 Å². The second-order valence-electron chi connectivity index (χ2n) is 8.86. The number of carbonyl (C=O) groups excluding carboxylic acids is 1. The fourth-order valence-corrected chi connectivity index (χ4v) is 4.09. The fourth-order valence-electron chi connectivity index (χ4n) is 4.09. The molecule has 1 saturated carbocycles. The zero-order chi connectivity index (χ0) is 20.9. The molecule has 3 N–H and O–H groups in total. The Bertz CT molecular complexity index is 736. The lowest BCUT2D eigenvalue weighted by Gasteiger charge is -2.40. The van der Waals surface area contributed by atoms with Gasteiger partial charge in [-0.15, -0.1) is 0 Å². The quantitative estimate of drug-likeness (QED) is 0.408. The number of amides is 1. The van der Waals surface area contributed by atoms with Gasteiger partial charge in [0.25, 0.3) is 0 Å². The summed E-state index contributed by atoms with van der Waals surface area (Å²) in [6.07, 6.45) is 5.16. The van der Waals surface area contributed by atoms with Crippen LogP contribution in [0.25, 0.3) is 0 Å². The molecule has 1 aliphatic carbocycles. The van der Waals surface area contributed by atoms with Crippen LogP contribution in [-0.4, -0.2) is 43.4 Å². The monoisotopic (exact) mass is 402 g/mol. The van der Waals surface area contributed by atoms with Crippen molar-refractivity contribution in [1.82, 2.24) is 16.0 Å². The molecule has 0 bridgehead atoms. The van der Waals surface area contributed by atoms with Gasteiger partial charge in [0.2, 0.25) is 0 Å². The number of benzene rings is 1. The number of hydrogen-bond donors (Lipinski definition) is 3. The molecule has 2 aliphatic rings. The van der Waals surface area contributed by atoms with E-state index in [0.29, 0.717) is 19.0 Å². The number of alkyl carbamates (subject to hydrolysis) is 1. The van der Waals surface area contributed by atoms with Crippen molar-refractivity contribution in [3.63, 3.8) is 0 Å². The van der Waals surface area contributed by atoms with Gasteiger partial charge in [-0.2, -0.15) is 0 Å². The van der Waals surface area contributed by atoms with Crippen molar-refractivity contribution in [2.45, 2.75) is 70.1 Å². The molecule has 7 nitrogen and oxygen atoms in total. The lowest BCUT2D eigenvalue weighted by Crippen LogP contribution is -2.47. The van der Waals surface area contributed by atoms with Gasteiger partial charge in [0.1, 0.15) is 17.0 Å². The third kappa shape index (κ3) is 5.78. The van der Waals surface area contributed by atoms with Crippen LogP contribution in [0.2, 0.25) is 0 Å². The Morgan fingerprint density at radius 2 is 1.90 bits per heavy atom. The summed E-state index contributed by atoms with van der Waals surface area (Å²) < 4.78 is 11.7. The number of hydrogen-bond acceptors (Lipinski definition) is 4. The van der Waals surface area contributed by atoms with Gasteiger partial charge in [-0.05, 0) is 52.5 Å². The lowest BCUT2D eigenvalue weighted by atomic mass is 9.86. The van der Waals surface area contributed by atoms with Crippen molar-refractivity contribution in [3.05, 3.63) is 29.8 Å². The highest BCUT2D eigenvalue weighted by molar-refractivity contribution is 5.80. The highest BCUT2D eigenvalue weighted by Gasteiger charge is 2.43. The maximum absolute atomic E-state index is 11.7. The zero-order valence-electron chi connectivity index (χ0n) is 18.0. The lowest BCUT2D eigenvalue weighted by molar-refractivity contribution is 0.0395. The Morgan fingerprint density at radius 3 is 2.59 bits per heavy atom. The predicted octanol–water partition coefficient (Wildman–Crippen LogP) is 3.51. The first-order valence-corrected chi connectivity index (χ1v) is 10.5. The molecule has 1 aromatic carbocycles. The van der Waals surface area contributed by atoms with Crippen LogP contribution >= 0.6 is 0 Å². The van der Waals surface area contributed by atoms with Crippen LogP contribution in [0.5, 0.6) is 5.75 Å². The Morgan fingerprint density at radius 1 is 1.21 bits per heavy atom. The molecule has 7 heteroatoms. The number of nitrogens with one attached hydrogen (secondary N) is 3. The molecule has 160 valence electrons. The molecule has 1 amide bonds. The first kappa shape index (κ1) is 21.3. The molecule has 0 saturated heterocycles. The largest absolute Gasteiger partial charge is 0.487 e. The number of carbonyl (C=O) groups is 1. The van der Waals surface area contributed by atoms with Crippen LogP contribution in [0.15, 0.2) is 29.3 Å². The van der Waals surface area contributed by atoms with Crippen molar-refractivity contribution in [2.24, 2.45) is 4.99 Å². The molecule has 3 rings (SSSR count). The van der Waals surface area contributed by atoms with Gasteiger partial charge in [0.05, 0.1) is 6.04 Å². The van der Waals surface area contributed by atoms with Crippen molar-refractivity contribution in [2.75, 3.05) is 20.1 Å². The van der Waals surface area contributed by atoms with Crippen molar-refractivity contribution in [1.29, 1.82) is 0 Å². The fraction of sp³-hybridized carbons (Fsp3) is 0.636. The molecule has 1 aromatic rings. The number of guanidine groups is 1. The van der Waals surface area contributed by atoms with Gasteiger partial charge in [0, 0.05) is 32.1 Å². The van der Waals surface area contributed by atoms with E-state index in [1.165, 1.54) is 18.4 Å². The summed E-state index contributed by atoms with van der Waals surface area (Å²) >= 11 is 0. The van der Waals surface area contributed by atoms with Gasteiger partial charge in [-0.3, -0.25) is 4.99 Å². The van der Waals surface area contributed by atoms with E-state index in [9.17, 15) is 4.79 Å². The van der Waals surface area contributed by atoms with Gasteiger partial charge < -0.3 is 25.4 Å². The summed E-state index contributed by atoms with van der Waals surface area (Å²) in [6.45, 7) is 6.54. The molecule has 1 spiro atoms. The van der Waals surface area contributed by atoms with Crippen LogP contribution in [-0.2, 0) is 4.74 Å². The van der Waals surface area contributed by atoms with Gasteiger partial charge in [-0.25, -0.2) is 4.79 Å². The average molecular weight is 403 g/mol. The molecule has 29 heavy (non-hydrogen) atoms. The molecule has 1 fully saturated rings. The number of nitrogens with zero attached hydrogens (tertiary/aromatic N) is 1. The Labute approximate surface area is 173 Å². The maximum atomic E-state index is 11.7. The summed E-state index contributed by atoms with van der Waals surface area (Å²) in [5, 5.41) is 9.58. The van der Waals surface area contributed by atoms with Gasteiger partial charge >= 0.3 is 6.09 Å². The van der Waals surface area contributed by atoms with Crippen LogP contribution in [0, 0.1) is 0 Å². The average Bonchev–Trinajstić information content (AvgIpc) is 3.10. The van der Waals surface area contributed by atoms with Gasteiger partial charge in [-0.1, -0.05) is 18.2 Å². The van der Waals surface area contributed by atoms with Crippen LogP contribution in [0.3, 0.4) is 0 Å². The minimum Gasteiger partial charge on any atom is -0.487 e. The van der Waals surface area contributed by atoms with Crippen molar-refractivity contribution < 1.29 is 14.3 Å². The predicted molar refractivity (Wildman–Crippen MR) is 114 cm³/mol. The molecule has 1 atom stereocenters. The summed E-state index contributed by atoms with van der Waals surface area (Å²) in [6, 6.07) is 8.39. The number of aliphatic imine (C=N–C) groups is 1. The summed E-state index contributed by atoms with van der Waals surface area (Å²) in [4.78, 5) is 16.1. The van der Waals surface area contributed by atoms with Crippen LogP contribution < -0.4 is 20.7 Å². The Balaban J connectivity index is 1.55. The number of para-hydroxylation sites is 1. The first-order valence-electron chi connectivity index (χ1n) is 10.5. The highest BCUT2D eigenvalue weighted by atomic mass is 16.6. The molecular formula is C22H34N4O3. The Hall–Kier alpha value is -2.44. The van der Waals surface area contributed by atoms with E-state index >= 15 is 0 Å². The van der Waals surface area contributed by atoms with Crippen LogP contribution in [0.1, 0.15) is 64.5 Å². The van der Waals surface area contributed by atoms with E-state index in [2.05, 4.69) is 33.1 Å². The topological polar surface area (TPSA) is 84.0 Å². The molecule has 1 unspecified atom stereocenters. The SMILES string of the molecule is CN=C(NCCNC(=O)OC(C)(C)C)NC1CC2(CCCC2)Oc2ccccc21. The zero-order valence-corrected chi connectivity index (χ0v) is 18.0. The standard InChI is InChI=1S/C22H34N4O3/c1-21(2,3)29-20(27)25-14-13-24-19(23-4)26-17-15-22(11-7-8-12-22)28-18-10-6-5-9-16(17)18/h5-6,9-10,17H,7-8,11-15H2,1-4H3,(H,25,27)(H2,23,24,26). The van der Waals surface area contributed by atoms with E-state index < -0.39 is 11.7 Å². The van der Waals surface area contributed by atoms with E-state index in [4.69, 9.17) is 9.47 Å². The molecular weight excluding hydrogens is 368 g/mol. The minimum atomic E-state index is -0.498.